The van der Waals surface area contributed by atoms with Crippen molar-refractivity contribution in [2.45, 2.75) is 12.5 Å². The zero-order valence-electron chi connectivity index (χ0n) is 19.3. The Bertz CT molecular complexity index is 1130. The van der Waals surface area contributed by atoms with E-state index in [0.29, 0.717) is 41.7 Å². The van der Waals surface area contributed by atoms with Crippen LogP contribution in [0.5, 0.6) is 23.0 Å². The number of amides is 2. The van der Waals surface area contributed by atoms with Crippen molar-refractivity contribution in [1.29, 1.82) is 0 Å². The third kappa shape index (κ3) is 4.39. The Morgan fingerprint density at radius 1 is 0.818 bits per heavy atom. The fourth-order valence-electron chi connectivity index (χ4n) is 4.27. The van der Waals surface area contributed by atoms with E-state index in [9.17, 15) is 4.79 Å². The Hall–Kier alpha value is -3.87. The van der Waals surface area contributed by atoms with Crippen molar-refractivity contribution in [3.63, 3.8) is 0 Å². The van der Waals surface area contributed by atoms with Gasteiger partial charge in [-0.15, -0.1) is 0 Å². The van der Waals surface area contributed by atoms with Crippen LogP contribution in [-0.2, 0) is 6.42 Å². The van der Waals surface area contributed by atoms with Crippen molar-refractivity contribution >= 4 is 11.7 Å². The number of carbonyl (C=O) groups is 1. The molecule has 1 heterocycles. The highest BCUT2D eigenvalue weighted by Gasteiger charge is 2.33. The summed E-state index contributed by atoms with van der Waals surface area (Å²) in [6, 6.07) is 18.8. The zero-order valence-corrected chi connectivity index (χ0v) is 19.3. The monoisotopic (exact) mass is 448 g/mol. The number of urea groups is 1. The summed E-state index contributed by atoms with van der Waals surface area (Å²) < 4.78 is 21.7. The Balaban J connectivity index is 1.71. The SMILES string of the molecule is COc1ccc(NC(=O)N2CCc3cc(OC)c(OC)cc3[C@@H]2c2ccccc2)cc1OC. The minimum atomic E-state index is -0.269. The molecule has 3 aromatic carbocycles. The summed E-state index contributed by atoms with van der Waals surface area (Å²) in [6.45, 7) is 0.557. The number of hydrogen-bond donors (Lipinski definition) is 1. The number of hydrogen-bond acceptors (Lipinski definition) is 5. The fraction of sp³-hybridized carbons (Fsp3) is 0.269. The summed E-state index contributed by atoms with van der Waals surface area (Å²) in [5.41, 5.74) is 3.81. The van der Waals surface area contributed by atoms with E-state index in [1.165, 1.54) is 0 Å². The molecule has 7 heteroatoms. The molecule has 7 nitrogen and oxygen atoms in total. The lowest BCUT2D eigenvalue weighted by Gasteiger charge is -2.38. The summed E-state index contributed by atoms with van der Waals surface area (Å²) in [6.07, 6.45) is 0.707. The van der Waals surface area contributed by atoms with Crippen molar-refractivity contribution in [2.75, 3.05) is 40.3 Å². The first kappa shape index (κ1) is 22.3. The maximum absolute atomic E-state index is 13.5. The van der Waals surface area contributed by atoms with E-state index in [-0.39, 0.29) is 12.1 Å². The molecule has 0 spiro atoms. The summed E-state index contributed by atoms with van der Waals surface area (Å²) in [7, 11) is 6.39. The molecule has 0 saturated heterocycles. The molecule has 172 valence electrons. The van der Waals surface area contributed by atoms with Crippen LogP contribution in [0, 0.1) is 0 Å². The Labute approximate surface area is 193 Å². The first-order chi connectivity index (χ1) is 16.1. The molecule has 0 unspecified atom stereocenters. The minimum Gasteiger partial charge on any atom is -0.493 e. The summed E-state index contributed by atoms with van der Waals surface area (Å²) >= 11 is 0. The van der Waals surface area contributed by atoms with Crippen LogP contribution < -0.4 is 24.3 Å². The van der Waals surface area contributed by atoms with E-state index in [1.807, 2.05) is 47.4 Å². The highest BCUT2D eigenvalue weighted by molar-refractivity contribution is 5.90. The number of nitrogens with zero attached hydrogens (tertiary/aromatic N) is 1. The third-order valence-corrected chi connectivity index (χ3v) is 5.88. The van der Waals surface area contributed by atoms with Gasteiger partial charge in [-0.05, 0) is 47.4 Å². The van der Waals surface area contributed by atoms with E-state index in [0.717, 1.165) is 16.7 Å². The van der Waals surface area contributed by atoms with E-state index < -0.39 is 0 Å². The van der Waals surface area contributed by atoms with Gasteiger partial charge in [-0.2, -0.15) is 0 Å². The summed E-state index contributed by atoms with van der Waals surface area (Å²) in [5, 5.41) is 3.01. The van der Waals surface area contributed by atoms with Crippen LogP contribution in [0.3, 0.4) is 0 Å². The predicted octanol–water partition coefficient (Wildman–Crippen LogP) is 4.90. The van der Waals surface area contributed by atoms with Crippen molar-refractivity contribution < 1.29 is 23.7 Å². The van der Waals surface area contributed by atoms with Crippen molar-refractivity contribution in [2.24, 2.45) is 0 Å². The predicted molar refractivity (Wildman–Crippen MR) is 127 cm³/mol. The number of fused-ring (bicyclic) bond motifs is 1. The molecule has 0 bridgehead atoms. The van der Waals surface area contributed by atoms with Crippen molar-refractivity contribution in [1.82, 2.24) is 4.90 Å². The maximum Gasteiger partial charge on any atom is 0.322 e. The Kier molecular flexibility index (Phi) is 6.58. The highest BCUT2D eigenvalue weighted by Crippen LogP contribution is 2.41. The lowest BCUT2D eigenvalue weighted by Crippen LogP contribution is -2.43. The lowest BCUT2D eigenvalue weighted by molar-refractivity contribution is 0.193. The molecule has 0 radical (unpaired) electrons. The Morgan fingerprint density at radius 2 is 1.45 bits per heavy atom. The van der Waals surface area contributed by atoms with Gasteiger partial charge in [-0.3, -0.25) is 0 Å². The molecule has 1 aliphatic heterocycles. The molecule has 2 amide bonds. The number of methoxy groups -OCH3 is 4. The number of benzene rings is 3. The molecule has 1 atom stereocenters. The number of carbonyl (C=O) groups excluding carboxylic acids is 1. The van der Waals surface area contributed by atoms with Gasteiger partial charge in [0, 0.05) is 18.3 Å². The first-order valence-electron chi connectivity index (χ1n) is 10.7. The van der Waals surface area contributed by atoms with Crippen LogP contribution in [0.1, 0.15) is 22.7 Å². The van der Waals surface area contributed by atoms with Gasteiger partial charge in [0.2, 0.25) is 0 Å². The van der Waals surface area contributed by atoms with Gasteiger partial charge in [0.25, 0.3) is 0 Å². The van der Waals surface area contributed by atoms with E-state index in [4.69, 9.17) is 18.9 Å². The average Bonchev–Trinajstić information content (AvgIpc) is 2.87. The van der Waals surface area contributed by atoms with E-state index in [1.54, 1.807) is 46.6 Å². The normalized spacial score (nSPS) is 14.8. The topological polar surface area (TPSA) is 69.3 Å². The van der Waals surface area contributed by atoms with E-state index >= 15 is 0 Å². The molecule has 1 N–H and O–H groups in total. The van der Waals surface area contributed by atoms with Gasteiger partial charge in [0.15, 0.2) is 23.0 Å². The Morgan fingerprint density at radius 3 is 2.12 bits per heavy atom. The molecule has 1 aliphatic rings. The van der Waals surface area contributed by atoms with Crippen LogP contribution in [0.2, 0.25) is 0 Å². The summed E-state index contributed by atoms with van der Waals surface area (Å²) in [5.74, 6) is 2.48. The molecule has 0 fully saturated rings. The molecule has 0 aromatic heterocycles. The molecule has 0 aliphatic carbocycles. The third-order valence-electron chi connectivity index (χ3n) is 5.88. The van der Waals surface area contributed by atoms with Crippen molar-refractivity contribution in [3.05, 3.63) is 77.4 Å². The van der Waals surface area contributed by atoms with Gasteiger partial charge < -0.3 is 29.2 Å². The van der Waals surface area contributed by atoms with Gasteiger partial charge in [0.05, 0.1) is 34.5 Å². The average molecular weight is 449 g/mol. The van der Waals surface area contributed by atoms with Crippen LogP contribution in [0.15, 0.2) is 60.7 Å². The quantitative estimate of drug-likeness (QED) is 0.581. The molecular weight excluding hydrogens is 420 g/mol. The van der Waals surface area contributed by atoms with Gasteiger partial charge in [0.1, 0.15) is 0 Å². The highest BCUT2D eigenvalue weighted by atomic mass is 16.5. The second-order valence-corrected chi connectivity index (χ2v) is 7.66. The fourth-order valence-corrected chi connectivity index (χ4v) is 4.27. The molecular formula is C26H28N2O5. The van der Waals surface area contributed by atoms with Crippen LogP contribution in [0.25, 0.3) is 0 Å². The standard InChI is InChI=1S/C26H28N2O5/c1-30-21-11-10-19(15-23(21)32-3)27-26(29)28-13-12-18-14-22(31-2)24(33-4)16-20(18)25(28)17-8-6-5-7-9-17/h5-11,14-16,25H,12-13H2,1-4H3,(H,27,29)/t25-/m0/s1. The number of nitrogens with one attached hydrogen (secondary N) is 1. The molecule has 3 aromatic rings. The zero-order chi connectivity index (χ0) is 23.4. The molecule has 4 rings (SSSR count). The number of ether oxygens (including phenoxy) is 4. The molecule has 0 saturated carbocycles. The smallest absolute Gasteiger partial charge is 0.322 e. The van der Waals surface area contributed by atoms with Crippen LogP contribution in [0.4, 0.5) is 10.5 Å². The second kappa shape index (κ2) is 9.73. The maximum atomic E-state index is 13.5. The van der Waals surface area contributed by atoms with Crippen LogP contribution >= 0.6 is 0 Å². The van der Waals surface area contributed by atoms with Gasteiger partial charge >= 0.3 is 6.03 Å². The van der Waals surface area contributed by atoms with E-state index in [2.05, 4.69) is 5.32 Å². The number of rotatable bonds is 6. The second-order valence-electron chi connectivity index (χ2n) is 7.66. The summed E-state index contributed by atoms with van der Waals surface area (Å²) in [4.78, 5) is 15.3. The lowest BCUT2D eigenvalue weighted by atomic mass is 9.88. The largest absolute Gasteiger partial charge is 0.493 e. The van der Waals surface area contributed by atoms with Gasteiger partial charge in [-0.25, -0.2) is 4.79 Å². The van der Waals surface area contributed by atoms with Gasteiger partial charge in [-0.1, -0.05) is 30.3 Å². The number of anilines is 1. The minimum absolute atomic E-state index is 0.198. The first-order valence-corrected chi connectivity index (χ1v) is 10.7. The molecule has 33 heavy (non-hydrogen) atoms. The van der Waals surface area contributed by atoms with Crippen molar-refractivity contribution in [3.8, 4) is 23.0 Å². The van der Waals surface area contributed by atoms with Crippen LogP contribution in [-0.4, -0.2) is 45.9 Å².